The summed E-state index contributed by atoms with van der Waals surface area (Å²) >= 11 is 0. The second-order valence-corrected chi connectivity index (χ2v) is 5.77. The molecule has 0 atom stereocenters. The normalized spacial score (nSPS) is 18.4. The molecule has 0 aliphatic carbocycles. The van der Waals surface area contributed by atoms with Gasteiger partial charge >= 0.3 is 0 Å². The topological polar surface area (TPSA) is 41.7 Å². The van der Waals surface area contributed by atoms with Gasteiger partial charge in [0.2, 0.25) is 0 Å². The van der Waals surface area contributed by atoms with E-state index in [0.29, 0.717) is 0 Å². The number of rotatable bonds is 2. The number of fused-ring (bicyclic) bond motifs is 1. The molecular weight excluding hydrogens is 274 g/mol. The van der Waals surface area contributed by atoms with Gasteiger partial charge in [0.05, 0.1) is 12.2 Å². The maximum absolute atomic E-state index is 5.82. The summed E-state index contributed by atoms with van der Waals surface area (Å²) < 4.78 is 5.71. The van der Waals surface area contributed by atoms with Gasteiger partial charge in [-0.2, -0.15) is 0 Å². The summed E-state index contributed by atoms with van der Waals surface area (Å²) in [6, 6.07) is 6.00. The van der Waals surface area contributed by atoms with Gasteiger partial charge in [0.15, 0.2) is 0 Å². The van der Waals surface area contributed by atoms with Crippen molar-refractivity contribution >= 4 is 11.4 Å². The highest BCUT2D eigenvalue weighted by atomic mass is 16.5. The van der Waals surface area contributed by atoms with Crippen molar-refractivity contribution in [1.82, 2.24) is 4.90 Å². The van der Waals surface area contributed by atoms with Crippen molar-refractivity contribution < 1.29 is 4.74 Å². The summed E-state index contributed by atoms with van der Waals surface area (Å²) in [7, 11) is 2.21. The molecule has 0 unspecified atom stereocenters. The average molecular weight is 307 g/mol. The van der Waals surface area contributed by atoms with Gasteiger partial charge < -0.3 is 20.3 Å². The Hall–Kier alpha value is -1.42. The van der Waals surface area contributed by atoms with Gasteiger partial charge in [0.1, 0.15) is 12.4 Å². The Balaban J connectivity index is 0.000000775. The van der Waals surface area contributed by atoms with Crippen LogP contribution in [-0.4, -0.2) is 44.7 Å². The van der Waals surface area contributed by atoms with E-state index in [0.717, 1.165) is 37.1 Å². The molecule has 2 aliphatic rings. The lowest BCUT2D eigenvalue weighted by Crippen LogP contribution is -2.40. The van der Waals surface area contributed by atoms with Gasteiger partial charge in [-0.15, -0.1) is 0 Å². The van der Waals surface area contributed by atoms with Crippen molar-refractivity contribution in [2.45, 2.75) is 34.1 Å². The number of piperidine rings is 1. The van der Waals surface area contributed by atoms with Crippen molar-refractivity contribution in [3.63, 3.8) is 0 Å². The quantitative estimate of drug-likeness (QED) is 0.850. The highest BCUT2D eigenvalue weighted by molar-refractivity contribution is 5.65. The Bertz CT molecular complexity index is 442. The van der Waals surface area contributed by atoms with E-state index in [-0.39, 0.29) is 7.43 Å². The smallest absolute Gasteiger partial charge is 0.144 e. The van der Waals surface area contributed by atoms with Crippen LogP contribution in [0.3, 0.4) is 0 Å². The van der Waals surface area contributed by atoms with Crippen LogP contribution in [0.15, 0.2) is 18.2 Å². The van der Waals surface area contributed by atoms with Gasteiger partial charge in [-0.05, 0) is 51.0 Å². The molecule has 4 nitrogen and oxygen atoms in total. The van der Waals surface area contributed by atoms with E-state index in [1.807, 2.05) is 26.0 Å². The first-order chi connectivity index (χ1) is 10.2. The largest absolute Gasteiger partial charge is 0.489 e. The first kappa shape index (κ1) is 18.6. The highest BCUT2D eigenvalue weighted by Crippen LogP contribution is 2.34. The van der Waals surface area contributed by atoms with Gasteiger partial charge in [-0.25, -0.2) is 0 Å². The molecule has 0 spiro atoms. The molecule has 2 aliphatic heterocycles. The third-order valence-corrected chi connectivity index (χ3v) is 4.26. The lowest BCUT2D eigenvalue weighted by molar-refractivity contribution is 0.217. The van der Waals surface area contributed by atoms with Gasteiger partial charge in [0, 0.05) is 18.3 Å². The minimum absolute atomic E-state index is 0. The number of likely N-dealkylation sites (tertiary alicyclic amines) is 1. The molecule has 126 valence electrons. The zero-order valence-electron chi connectivity index (χ0n) is 13.6. The second kappa shape index (κ2) is 8.89. The monoisotopic (exact) mass is 307 g/mol. The predicted octanol–water partition coefficient (Wildman–Crippen LogP) is 3.47. The second-order valence-electron chi connectivity index (χ2n) is 5.77. The molecule has 0 radical (unpaired) electrons. The van der Waals surface area contributed by atoms with Crippen molar-refractivity contribution in [3.05, 3.63) is 18.2 Å². The standard InChI is InChI=1S/C15H23N3O.C2H6.CH4/c1-17-6-4-12(5-7-17)11-18-8-9-19-15-10-13(16)2-3-14(15)18;1-2;/h2-3,10,12H,4-9,11,16H2,1H3;1-2H3;1H4. The molecule has 1 fully saturated rings. The van der Waals surface area contributed by atoms with Crippen molar-refractivity contribution in [1.29, 1.82) is 0 Å². The van der Waals surface area contributed by atoms with E-state index in [9.17, 15) is 0 Å². The first-order valence-corrected chi connectivity index (χ1v) is 8.18. The summed E-state index contributed by atoms with van der Waals surface area (Å²) in [5, 5.41) is 0. The number of nitrogen functional groups attached to an aromatic ring is 1. The molecule has 22 heavy (non-hydrogen) atoms. The van der Waals surface area contributed by atoms with Crippen LogP contribution in [0.1, 0.15) is 34.1 Å². The SMILES string of the molecule is C.CC.CN1CCC(CN2CCOc3cc(N)ccc32)CC1. The molecule has 2 heterocycles. The van der Waals surface area contributed by atoms with Crippen LogP contribution < -0.4 is 15.4 Å². The van der Waals surface area contributed by atoms with Crippen LogP contribution in [0.25, 0.3) is 0 Å². The van der Waals surface area contributed by atoms with Gasteiger partial charge in [0.25, 0.3) is 0 Å². The van der Waals surface area contributed by atoms with Gasteiger partial charge in [-0.3, -0.25) is 0 Å². The van der Waals surface area contributed by atoms with E-state index in [1.54, 1.807) is 0 Å². The fourth-order valence-corrected chi connectivity index (χ4v) is 3.04. The molecule has 4 heteroatoms. The van der Waals surface area contributed by atoms with Crippen molar-refractivity contribution in [2.24, 2.45) is 5.92 Å². The number of benzene rings is 1. The number of ether oxygens (including phenoxy) is 1. The number of hydrogen-bond acceptors (Lipinski definition) is 4. The lowest BCUT2D eigenvalue weighted by Gasteiger charge is -2.37. The lowest BCUT2D eigenvalue weighted by atomic mass is 9.96. The number of hydrogen-bond donors (Lipinski definition) is 1. The Morgan fingerprint density at radius 2 is 1.86 bits per heavy atom. The molecule has 0 aromatic heterocycles. The summed E-state index contributed by atoms with van der Waals surface area (Å²) in [5.41, 5.74) is 7.81. The molecule has 1 saturated heterocycles. The minimum Gasteiger partial charge on any atom is -0.489 e. The van der Waals surface area contributed by atoms with Gasteiger partial charge in [-0.1, -0.05) is 21.3 Å². The number of nitrogens with two attached hydrogens (primary N) is 1. The number of anilines is 2. The molecule has 0 saturated carbocycles. The van der Waals surface area contributed by atoms with Crippen molar-refractivity contribution in [3.8, 4) is 5.75 Å². The zero-order chi connectivity index (χ0) is 15.2. The number of nitrogens with zero attached hydrogens (tertiary/aromatic N) is 2. The maximum Gasteiger partial charge on any atom is 0.144 e. The third kappa shape index (κ3) is 4.54. The molecule has 2 N–H and O–H groups in total. The minimum atomic E-state index is 0. The summed E-state index contributed by atoms with van der Waals surface area (Å²) in [4.78, 5) is 4.89. The summed E-state index contributed by atoms with van der Waals surface area (Å²) in [6.07, 6.45) is 2.61. The Kier molecular flexibility index (Phi) is 7.52. The van der Waals surface area contributed by atoms with E-state index < -0.39 is 0 Å². The van der Waals surface area contributed by atoms with Crippen LogP contribution in [0.4, 0.5) is 11.4 Å². The third-order valence-electron chi connectivity index (χ3n) is 4.26. The Morgan fingerprint density at radius 1 is 1.18 bits per heavy atom. The fraction of sp³-hybridized carbons (Fsp3) is 0.667. The van der Waals surface area contributed by atoms with E-state index in [4.69, 9.17) is 10.5 Å². The maximum atomic E-state index is 5.82. The average Bonchev–Trinajstić information content (AvgIpc) is 2.51. The van der Waals surface area contributed by atoms with Crippen LogP contribution in [0.5, 0.6) is 5.75 Å². The summed E-state index contributed by atoms with van der Waals surface area (Å²) in [6.45, 7) is 9.35. The highest BCUT2D eigenvalue weighted by Gasteiger charge is 2.23. The van der Waals surface area contributed by atoms with Crippen LogP contribution in [0.2, 0.25) is 0 Å². The predicted molar refractivity (Wildman–Crippen MR) is 96.9 cm³/mol. The first-order valence-electron chi connectivity index (χ1n) is 8.18. The Labute approximate surface area is 136 Å². The van der Waals surface area contributed by atoms with E-state index >= 15 is 0 Å². The molecule has 1 aromatic rings. The van der Waals surface area contributed by atoms with Crippen LogP contribution in [-0.2, 0) is 0 Å². The molecule has 0 amide bonds. The van der Waals surface area contributed by atoms with Crippen LogP contribution in [0, 0.1) is 5.92 Å². The van der Waals surface area contributed by atoms with Crippen molar-refractivity contribution in [2.75, 3.05) is 50.5 Å². The Morgan fingerprint density at radius 3 is 2.55 bits per heavy atom. The fourth-order valence-electron chi connectivity index (χ4n) is 3.04. The molecular formula is C18H33N3O. The molecule has 1 aromatic carbocycles. The molecule has 0 bridgehead atoms. The van der Waals surface area contributed by atoms with E-state index in [2.05, 4.69) is 22.9 Å². The summed E-state index contributed by atoms with van der Waals surface area (Å²) in [5.74, 6) is 1.75. The van der Waals surface area contributed by atoms with Crippen LogP contribution >= 0.6 is 0 Å². The zero-order valence-corrected chi connectivity index (χ0v) is 13.6. The molecule has 3 rings (SSSR count). The van der Waals surface area contributed by atoms with E-state index in [1.165, 1.54) is 31.6 Å².